The minimum atomic E-state index is -0.378. The van der Waals surface area contributed by atoms with E-state index in [0.717, 1.165) is 0 Å². The van der Waals surface area contributed by atoms with Crippen molar-refractivity contribution in [3.8, 4) is 23.0 Å². The minimum absolute atomic E-state index is 0.129. The molecule has 10 nitrogen and oxygen atoms in total. The topological polar surface area (TPSA) is 121 Å². The van der Waals surface area contributed by atoms with Gasteiger partial charge in [0.05, 0.1) is 20.0 Å². The maximum absolute atomic E-state index is 12.6. The van der Waals surface area contributed by atoms with E-state index in [9.17, 15) is 9.59 Å². The summed E-state index contributed by atoms with van der Waals surface area (Å²) in [5.41, 5.74) is 0.971. The maximum Gasteiger partial charge on any atom is 0.257 e. The molecule has 3 aromatic rings. The summed E-state index contributed by atoms with van der Waals surface area (Å²) in [4.78, 5) is 24.9. The third-order valence-corrected chi connectivity index (χ3v) is 6.37. The summed E-state index contributed by atoms with van der Waals surface area (Å²) in [6.07, 6.45) is 0. The molecule has 0 bridgehead atoms. The summed E-state index contributed by atoms with van der Waals surface area (Å²) >= 11 is 2.39. The van der Waals surface area contributed by atoms with Crippen molar-refractivity contribution in [1.29, 1.82) is 0 Å². The van der Waals surface area contributed by atoms with Gasteiger partial charge in [0.15, 0.2) is 15.8 Å². The van der Waals surface area contributed by atoms with Crippen LogP contribution in [0.5, 0.6) is 23.0 Å². The van der Waals surface area contributed by atoms with E-state index in [-0.39, 0.29) is 17.6 Å². The average Bonchev–Trinajstić information content (AvgIpc) is 3.29. The lowest BCUT2D eigenvalue weighted by Crippen LogP contribution is -2.17. The molecule has 0 atom stereocenters. The number of amides is 2. The van der Waals surface area contributed by atoms with Crippen LogP contribution in [0.3, 0.4) is 0 Å². The van der Waals surface area contributed by atoms with Gasteiger partial charge in [-0.05, 0) is 24.3 Å². The van der Waals surface area contributed by atoms with Crippen molar-refractivity contribution in [2.24, 2.45) is 0 Å². The molecule has 2 amide bonds. The van der Waals surface area contributed by atoms with E-state index < -0.39 is 0 Å². The molecule has 2 N–H and O–H groups in total. The second-order valence-electron chi connectivity index (χ2n) is 6.62. The standard InChI is InChI=1S/C21H20N4O6S2/c1-28-14-7-12(8-15(10-14)29-2)19(27)23-20-24-25-21(33-20)32-11-18(26)22-13-3-4-16-17(9-13)31-6-5-30-16/h3-4,7-10H,5-6,11H2,1-2H3,(H,22,26)(H,23,24,27). The van der Waals surface area contributed by atoms with Crippen LogP contribution in [-0.2, 0) is 4.79 Å². The van der Waals surface area contributed by atoms with Crippen molar-refractivity contribution < 1.29 is 28.5 Å². The van der Waals surface area contributed by atoms with Crippen LogP contribution in [0.15, 0.2) is 40.7 Å². The largest absolute Gasteiger partial charge is 0.497 e. The first-order valence-electron chi connectivity index (χ1n) is 9.74. The van der Waals surface area contributed by atoms with Crippen molar-refractivity contribution in [1.82, 2.24) is 10.2 Å². The number of hydrogen-bond donors (Lipinski definition) is 2. The van der Waals surface area contributed by atoms with Gasteiger partial charge in [0, 0.05) is 23.4 Å². The highest BCUT2D eigenvalue weighted by Crippen LogP contribution is 2.33. The Morgan fingerprint density at radius 2 is 1.73 bits per heavy atom. The summed E-state index contributed by atoms with van der Waals surface area (Å²) in [5, 5.41) is 13.8. The zero-order chi connectivity index (χ0) is 23.2. The van der Waals surface area contributed by atoms with Gasteiger partial charge in [-0.25, -0.2) is 0 Å². The number of nitrogens with one attached hydrogen (secondary N) is 2. The highest BCUT2D eigenvalue weighted by Gasteiger charge is 2.15. The molecule has 1 aromatic heterocycles. The number of hydrogen-bond acceptors (Lipinski definition) is 10. The monoisotopic (exact) mass is 488 g/mol. The molecule has 1 aliphatic heterocycles. The number of thioether (sulfide) groups is 1. The minimum Gasteiger partial charge on any atom is -0.497 e. The molecule has 2 aromatic carbocycles. The first-order chi connectivity index (χ1) is 16.0. The van der Waals surface area contributed by atoms with Crippen LogP contribution in [0.25, 0.3) is 0 Å². The molecule has 0 aliphatic carbocycles. The van der Waals surface area contributed by atoms with Gasteiger partial charge in [-0.2, -0.15) is 0 Å². The number of ether oxygens (including phenoxy) is 4. The Labute approximate surface area is 197 Å². The van der Waals surface area contributed by atoms with Crippen LogP contribution in [0.4, 0.5) is 10.8 Å². The zero-order valence-electron chi connectivity index (χ0n) is 17.7. The summed E-state index contributed by atoms with van der Waals surface area (Å²) in [5.74, 6) is 1.80. The third-order valence-electron chi connectivity index (χ3n) is 4.39. The molecule has 2 heterocycles. The number of aromatic nitrogens is 2. The number of carbonyl (C=O) groups excluding carboxylic acids is 2. The second kappa shape index (κ2) is 10.4. The van der Waals surface area contributed by atoms with Crippen molar-refractivity contribution in [2.75, 3.05) is 43.8 Å². The third kappa shape index (κ3) is 5.84. The van der Waals surface area contributed by atoms with Gasteiger partial charge in [0.25, 0.3) is 5.91 Å². The number of benzene rings is 2. The van der Waals surface area contributed by atoms with Gasteiger partial charge in [-0.3, -0.25) is 14.9 Å². The van der Waals surface area contributed by atoms with Gasteiger partial charge in [0.2, 0.25) is 11.0 Å². The van der Waals surface area contributed by atoms with Crippen molar-refractivity contribution in [2.45, 2.75) is 4.34 Å². The number of methoxy groups -OCH3 is 2. The first kappa shape index (κ1) is 22.7. The molecule has 0 spiro atoms. The number of anilines is 2. The average molecular weight is 489 g/mol. The van der Waals surface area contributed by atoms with E-state index in [1.54, 1.807) is 36.4 Å². The maximum atomic E-state index is 12.6. The summed E-state index contributed by atoms with van der Waals surface area (Å²) < 4.78 is 21.9. The van der Waals surface area contributed by atoms with E-state index >= 15 is 0 Å². The molecule has 12 heteroatoms. The lowest BCUT2D eigenvalue weighted by atomic mass is 10.2. The molecule has 0 saturated carbocycles. The first-order valence-corrected chi connectivity index (χ1v) is 11.5. The SMILES string of the molecule is COc1cc(OC)cc(C(=O)Nc2nnc(SCC(=O)Nc3ccc4c(c3)OCCO4)s2)c1. The molecule has 0 radical (unpaired) electrons. The molecule has 33 heavy (non-hydrogen) atoms. The van der Waals surface area contributed by atoms with Crippen molar-refractivity contribution in [3.05, 3.63) is 42.0 Å². The molecule has 0 fully saturated rings. The molecule has 1 aliphatic rings. The van der Waals surface area contributed by atoms with Gasteiger partial charge in [-0.15, -0.1) is 10.2 Å². The zero-order valence-corrected chi connectivity index (χ0v) is 19.4. The van der Waals surface area contributed by atoms with E-state index in [1.165, 1.54) is 37.3 Å². The van der Waals surface area contributed by atoms with Gasteiger partial charge in [-0.1, -0.05) is 23.1 Å². The highest BCUT2D eigenvalue weighted by atomic mass is 32.2. The van der Waals surface area contributed by atoms with Crippen LogP contribution in [-0.4, -0.2) is 55.2 Å². The van der Waals surface area contributed by atoms with Gasteiger partial charge < -0.3 is 24.3 Å². The van der Waals surface area contributed by atoms with Crippen LogP contribution < -0.4 is 29.6 Å². The normalized spacial score (nSPS) is 12.1. The van der Waals surface area contributed by atoms with Crippen LogP contribution >= 0.6 is 23.1 Å². The number of rotatable bonds is 8. The lowest BCUT2D eigenvalue weighted by Gasteiger charge is -2.18. The van der Waals surface area contributed by atoms with Crippen molar-refractivity contribution >= 4 is 45.7 Å². The Hall–Kier alpha value is -3.51. The van der Waals surface area contributed by atoms with E-state index in [2.05, 4.69) is 20.8 Å². The Morgan fingerprint density at radius 1 is 1.00 bits per heavy atom. The Morgan fingerprint density at radius 3 is 2.45 bits per heavy atom. The van der Waals surface area contributed by atoms with Crippen molar-refractivity contribution in [3.63, 3.8) is 0 Å². The predicted octanol–water partition coefficient (Wildman–Crippen LogP) is 3.31. The second-order valence-corrected chi connectivity index (χ2v) is 8.82. The van der Waals surface area contributed by atoms with Crippen LogP contribution in [0.2, 0.25) is 0 Å². The Bertz CT molecular complexity index is 1150. The molecule has 4 rings (SSSR count). The van der Waals surface area contributed by atoms with E-state index in [4.69, 9.17) is 18.9 Å². The highest BCUT2D eigenvalue weighted by molar-refractivity contribution is 8.01. The summed E-state index contributed by atoms with van der Waals surface area (Å²) in [7, 11) is 3.02. The van der Waals surface area contributed by atoms with Crippen LogP contribution in [0, 0.1) is 0 Å². The fourth-order valence-electron chi connectivity index (χ4n) is 2.87. The number of nitrogens with zero attached hydrogens (tertiary/aromatic N) is 2. The van der Waals surface area contributed by atoms with Gasteiger partial charge in [0.1, 0.15) is 24.7 Å². The quantitative estimate of drug-likeness (QED) is 0.363. The molecule has 0 unspecified atom stereocenters. The smallest absolute Gasteiger partial charge is 0.257 e. The Kier molecular flexibility index (Phi) is 7.15. The van der Waals surface area contributed by atoms with Crippen LogP contribution in [0.1, 0.15) is 10.4 Å². The Balaban J connectivity index is 1.31. The van der Waals surface area contributed by atoms with E-state index in [0.29, 0.717) is 56.9 Å². The molecular formula is C21H20N4O6S2. The lowest BCUT2D eigenvalue weighted by molar-refractivity contribution is -0.113. The molecule has 172 valence electrons. The summed E-state index contributed by atoms with van der Waals surface area (Å²) in [6.45, 7) is 0.981. The molecule has 0 saturated heterocycles. The fraction of sp³-hybridized carbons (Fsp3) is 0.238. The summed E-state index contributed by atoms with van der Waals surface area (Å²) in [6, 6.07) is 10.1. The van der Waals surface area contributed by atoms with E-state index in [1.807, 2.05) is 0 Å². The molecular weight excluding hydrogens is 468 g/mol. The number of fused-ring (bicyclic) bond motifs is 1. The fourth-order valence-corrected chi connectivity index (χ4v) is 4.42. The van der Waals surface area contributed by atoms with Gasteiger partial charge >= 0.3 is 0 Å². The number of carbonyl (C=O) groups is 2. The predicted molar refractivity (Wildman–Crippen MR) is 124 cm³/mol.